The van der Waals surface area contributed by atoms with Gasteiger partial charge < -0.3 is 5.73 Å². The van der Waals surface area contributed by atoms with Gasteiger partial charge in [0.05, 0.1) is 0 Å². The lowest BCUT2D eigenvalue weighted by molar-refractivity contribution is 0.494. The summed E-state index contributed by atoms with van der Waals surface area (Å²) in [5.74, 6) is -2.20. The van der Waals surface area contributed by atoms with Crippen LogP contribution in [0.15, 0.2) is 42.5 Å². The van der Waals surface area contributed by atoms with E-state index in [2.05, 4.69) is 0 Å². The molecule has 2 aromatic rings. The summed E-state index contributed by atoms with van der Waals surface area (Å²) in [5.41, 5.74) is 6.60. The van der Waals surface area contributed by atoms with Gasteiger partial charge in [-0.2, -0.15) is 0 Å². The van der Waals surface area contributed by atoms with Crippen LogP contribution in [0.1, 0.15) is 17.2 Å². The van der Waals surface area contributed by atoms with E-state index >= 15 is 0 Å². The number of rotatable bonds is 3. The van der Waals surface area contributed by atoms with E-state index in [1.165, 1.54) is 30.3 Å². The molecule has 0 saturated heterocycles. The average Bonchev–Trinajstić information content (AvgIpc) is 2.35. The van der Waals surface area contributed by atoms with Crippen molar-refractivity contribution in [3.8, 4) is 0 Å². The number of benzene rings is 2. The van der Waals surface area contributed by atoms with Crippen LogP contribution in [-0.2, 0) is 6.42 Å². The van der Waals surface area contributed by atoms with Gasteiger partial charge >= 0.3 is 0 Å². The van der Waals surface area contributed by atoms with Crippen LogP contribution in [0.5, 0.6) is 0 Å². The predicted molar refractivity (Wildman–Crippen MR) is 63.4 cm³/mol. The van der Waals surface area contributed by atoms with Gasteiger partial charge in [-0.3, -0.25) is 0 Å². The highest BCUT2D eigenvalue weighted by molar-refractivity contribution is 5.25. The van der Waals surface area contributed by atoms with Gasteiger partial charge in [0.1, 0.15) is 5.82 Å². The minimum atomic E-state index is -0.904. The highest BCUT2D eigenvalue weighted by atomic mass is 19.2. The fourth-order valence-corrected chi connectivity index (χ4v) is 1.80. The first-order valence-electron chi connectivity index (χ1n) is 5.52. The molecule has 2 aromatic carbocycles. The Morgan fingerprint density at radius 1 is 1.00 bits per heavy atom. The van der Waals surface area contributed by atoms with Gasteiger partial charge in [0.25, 0.3) is 0 Å². The lowest BCUT2D eigenvalue weighted by Gasteiger charge is -2.13. The Kier molecular flexibility index (Phi) is 3.67. The Morgan fingerprint density at radius 3 is 2.44 bits per heavy atom. The van der Waals surface area contributed by atoms with E-state index in [0.717, 1.165) is 6.07 Å². The highest BCUT2D eigenvalue weighted by Gasteiger charge is 2.13. The van der Waals surface area contributed by atoms with E-state index < -0.39 is 23.5 Å². The van der Waals surface area contributed by atoms with Crippen molar-refractivity contribution in [1.29, 1.82) is 0 Å². The molecule has 0 amide bonds. The summed E-state index contributed by atoms with van der Waals surface area (Å²) >= 11 is 0. The summed E-state index contributed by atoms with van der Waals surface area (Å²) in [6.07, 6.45) is 0.118. The summed E-state index contributed by atoms with van der Waals surface area (Å²) in [5, 5.41) is 0. The van der Waals surface area contributed by atoms with Crippen LogP contribution < -0.4 is 5.73 Å². The van der Waals surface area contributed by atoms with Crippen molar-refractivity contribution >= 4 is 0 Å². The van der Waals surface area contributed by atoms with Crippen molar-refractivity contribution < 1.29 is 13.2 Å². The quantitative estimate of drug-likeness (QED) is 0.889. The number of halogens is 3. The second-order valence-electron chi connectivity index (χ2n) is 4.08. The number of hydrogen-bond donors (Lipinski definition) is 1. The van der Waals surface area contributed by atoms with Crippen LogP contribution in [0.2, 0.25) is 0 Å². The van der Waals surface area contributed by atoms with E-state index in [0.29, 0.717) is 5.56 Å². The normalized spacial score (nSPS) is 12.4. The van der Waals surface area contributed by atoms with Gasteiger partial charge in [-0.15, -0.1) is 0 Å². The molecule has 0 aliphatic carbocycles. The Balaban J connectivity index is 2.21. The molecule has 0 saturated carbocycles. The number of hydrogen-bond acceptors (Lipinski definition) is 1. The zero-order chi connectivity index (χ0) is 13.1. The molecule has 0 aliphatic rings. The van der Waals surface area contributed by atoms with E-state index in [4.69, 9.17) is 5.73 Å². The first-order chi connectivity index (χ1) is 8.58. The monoisotopic (exact) mass is 251 g/mol. The maximum absolute atomic E-state index is 13.5. The first-order valence-corrected chi connectivity index (χ1v) is 5.52. The van der Waals surface area contributed by atoms with Crippen molar-refractivity contribution in [1.82, 2.24) is 0 Å². The van der Waals surface area contributed by atoms with Crippen molar-refractivity contribution in [2.45, 2.75) is 12.5 Å². The lowest BCUT2D eigenvalue weighted by atomic mass is 9.99. The van der Waals surface area contributed by atoms with Gasteiger partial charge in [-0.05, 0) is 35.7 Å². The molecule has 1 nitrogen and oxygen atoms in total. The summed E-state index contributed by atoms with van der Waals surface area (Å²) in [4.78, 5) is 0. The third-order valence-corrected chi connectivity index (χ3v) is 2.75. The molecule has 0 bridgehead atoms. The van der Waals surface area contributed by atoms with Gasteiger partial charge in [0.15, 0.2) is 11.6 Å². The second-order valence-corrected chi connectivity index (χ2v) is 4.08. The second kappa shape index (κ2) is 5.23. The Bertz CT molecular complexity index is 554. The van der Waals surface area contributed by atoms with Gasteiger partial charge in [-0.25, -0.2) is 13.2 Å². The molecular formula is C14H12F3N. The summed E-state index contributed by atoms with van der Waals surface area (Å²) in [6, 6.07) is 9.16. The summed E-state index contributed by atoms with van der Waals surface area (Å²) in [7, 11) is 0. The van der Waals surface area contributed by atoms with Gasteiger partial charge in [0, 0.05) is 6.04 Å². The highest BCUT2D eigenvalue weighted by Crippen LogP contribution is 2.20. The largest absolute Gasteiger partial charge is 0.324 e. The topological polar surface area (TPSA) is 26.0 Å². The maximum atomic E-state index is 13.5. The van der Waals surface area contributed by atoms with Crippen LogP contribution in [0.25, 0.3) is 0 Å². The molecule has 0 radical (unpaired) electrons. The zero-order valence-corrected chi connectivity index (χ0v) is 9.54. The molecule has 0 aliphatic heterocycles. The Hall–Kier alpha value is -1.81. The predicted octanol–water partition coefficient (Wildman–Crippen LogP) is 3.35. The molecule has 0 aromatic heterocycles. The smallest absolute Gasteiger partial charge is 0.162 e. The summed E-state index contributed by atoms with van der Waals surface area (Å²) in [6.45, 7) is 0. The number of nitrogens with two attached hydrogens (primary N) is 1. The van der Waals surface area contributed by atoms with Gasteiger partial charge in [0.2, 0.25) is 0 Å². The minimum absolute atomic E-state index is 0.118. The van der Waals surface area contributed by atoms with Gasteiger partial charge in [-0.1, -0.05) is 24.3 Å². The first kappa shape index (κ1) is 12.6. The van der Waals surface area contributed by atoms with Crippen LogP contribution >= 0.6 is 0 Å². The zero-order valence-electron chi connectivity index (χ0n) is 9.54. The molecule has 0 heterocycles. The molecule has 2 rings (SSSR count). The summed E-state index contributed by atoms with van der Waals surface area (Å²) < 4.78 is 39.5. The SMILES string of the molecule is NC(Cc1cccc(F)c1F)c1cccc(F)c1. The average molecular weight is 251 g/mol. The Morgan fingerprint density at radius 2 is 1.72 bits per heavy atom. The van der Waals surface area contributed by atoms with Crippen molar-refractivity contribution in [2.24, 2.45) is 5.73 Å². The van der Waals surface area contributed by atoms with E-state index in [1.807, 2.05) is 0 Å². The lowest BCUT2D eigenvalue weighted by Crippen LogP contribution is -2.14. The van der Waals surface area contributed by atoms with E-state index in [9.17, 15) is 13.2 Å². The maximum Gasteiger partial charge on any atom is 0.162 e. The fourth-order valence-electron chi connectivity index (χ4n) is 1.80. The molecule has 2 N–H and O–H groups in total. The van der Waals surface area contributed by atoms with E-state index in [-0.39, 0.29) is 12.0 Å². The third kappa shape index (κ3) is 2.71. The van der Waals surface area contributed by atoms with Crippen molar-refractivity contribution in [2.75, 3.05) is 0 Å². The van der Waals surface area contributed by atoms with Crippen molar-refractivity contribution in [3.05, 3.63) is 71.0 Å². The van der Waals surface area contributed by atoms with Crippen LogP contribution in [-0.4, -0.2) is 0 Å². The van der Waals surface area contributed by atoms with Crippen LogP contribution in [0.4, 0.5) is 13.2 Å². The molecule has 1 atom stereocenters. The fraction of sp³-hybridized carbons (Fsp3) is 0.143. The molecule has 0 fully saturated rings. The molecule has 0 spiro atoms. The molecule has 1 unspecified atom stereocenters. The van der Waals surface area contributed by atoms with Crippen LogP contribution in [0, 0.1) is 17.5 Å². The molecule has 4 heteroatoms. The standard InChI is InChI=1S/C14H12F3N/c15-11-5-1-3-9(7-11)13(18)8-10-4-2-6-12(16)14(10)17/h1-7,13H,8,18H2. The van der Waals surface area contributed by atoms with E-state index in [1.54, 1.807) is 6.07 Å². The third-order valence-electron chi connectivity index (χ3n) is 2.75. The minimum Gasteiger partial charge on any atom is -0.324 e. The molecule has 18 heavy (non-hydrogen) atoms. The Labute approximate surface area is 103 Å². The molecule has 94 valence electrons. The molecular weight excluding hydrogens is 239 g/mol. The van der Waals surface area contributed by atoms with Crippen molar-refractivity contribution in [3.63, 3.8) is 0 Å². The van der Waals surface area contributed by atoms with Crippen LogP contribution in [0.3, 0.4) is 0 Å².